The largest absolute Gasteiger partial charge is 0.418 e. The van der Waals surface area contributed by atoms with Crippen molar-refractivity contribution < 1.29 is 13.2 Å². The first kappa shape index (κ1) is 14.6. The predicted octanol–water partition coefficient (Wildman–Crippen LogP) is 4.09. The number of rotatable bonds is 3. The molecule has 2 rings (SSSR count). The van der Waals surface area contributed by atoms with Crippen molar-refractivity contribution in [2.75, 3.05) is 11.1 Å². The summed E-state index contributed by atoms with van der Waals surface area (Å²) in [6, 6.07) is 3.80. The average Bonchev–Trinajstić information content (AvgIpc) is 2.84. The summed E-state index contributed by atoms with van der Waals surface area (Å²) >= 11 is 1.44. The van der Waals surface area contributed by atoms with Crippen LogP contribution in [-0.4, -0.2) is 4.98 Å². The fourth-order valence-electron chi connectivity index (χ4n) is 1.83. The summed E-state index contributed by atoms with van der Waals surface area (Å²) in [5, 5.41) is 5.67. The number of thiazole rings is 1. The van der Waals surface area contributed by atoms with Crippen LogP contribution in [0.15, 0.2) is 29.8 Å². The third-order valence-corrected chi connectivity index (χ3v) is 3.88. The van der Waals surface area contributed by atoms with Crippen molar-refractivity contribution in [3.05, 3.63) is 40.3 Å². The quantitative estimate of drug-likeness (QED) is 0.839. The van der Waals surface area contributed by atoms with E-state index < -0.39 is 17.3 Å². The Hall–Kier alpha value is -1.76. The van der Waals surface area contributed by atoms with Gasteiger partial charge in [0.1, 0.15) is 5.01 Å². The van der Waals surface area contributed by atoms with E-state index in [0.717, 1.165) is 11.1 Å². The molecule has 1 aromatic heterocycles. The van der Waals surface area contributed by atoms with Gasteiger partial charge in [-0.15, -0.1) is 11.3 Å². The molecule has 0 radical (unpaired) electrons. The van der Waals surface area contributed by atoms with E-state index in [0.29, 0.717) is 5.69 Å². The maximum Gasteiger partial charge on any atom is 0.418 e. The van der Waals surface area contributed by atoms with Gasteiger partial charge in [-0.3, -0.25) is 0 Å². The molecule has 0 amide bonds. The second-order valence-corrected chi connectivity index (χ2v) is 5.78. The Labute approximate surface area is 118 Å². The Morgan fingerprint density at radius 2 is 1.95 bits per heavy atom. The maximum absolute atomic E-state index is 12.8. The van der Waals surface area contributed by atoms with E-state index in [-0.39, 0.29) is 5.69 Å². The fraction of sp³-hybridized carbons (Fsp3) is 0.308. The van der Waals surface area contributed by atoms with Gasteiger partial charge >= 0.3 is 6.18 Å². The number of aromatic nitrogens is 1. The lowest BCUT2D eigenvalue weighted by Gasteiger charge is -2.26. The molecule has 0 unspecified atom stereocenters. The molecule has 0 aliphatic heterocycles. The molecule has 0 bridgehead atoms. The molecule has 7 heteroatoms. The summed E-state index contributed by atoms with van der Waals surface area (Å²) in [5.74, 6) is 0. The molecule has 0 spiro atoms. The molecule has 3 nitrogen and oxygen atoms in total. The van der Waals surface area contributed by atoms with Crippen molar-refractivity contribution in [1.29, 1.82) is 0 Å². The van der Waals surface area contributed by atoms with Gasteiger partial charge in [0.15, 0.2) is 0 Å². The molecule has 0 saturated carbocycles. The summed E-state index contributed by atoms with van der Waals surface area (Å²) in [6.07, 6.45) is -2.80. The second-order valence-electron chi connectivity index (χ2n) is 4.89. The Morgan fingerprint density at radius 1 is 1.25 bits per heavy atom. The van der Waals surface area contributed by atoms with Gasteiger partial charge in [-0.1, -0.05) is 0 Å². The third-order valence-electron chi connectivity index (χ3n) is 2.78. The summed E-state index contributed by atoms with van der Waals surface area (Å²) < 4.78 is 38.5. The van der Waals surface area contributed by atoms with Crippen LogP contribution < -0.4 is 11.1 Å². The van der Waals surface area contributed by atoms with Gasteiger partial charge in [0.05, 0.1) is 11.1 Å². The predicted molar refractivity (Wildman–Crippen MR) is 74.6 cm³/mol. The standard InChI is InChI=1S/C13H14F3N3S/c1-12(2,11-18-5-6-20-11)19-8-3-4-10(17)9(7-8)13(14,15)16/h3-7,19H,17H2,1-2H3. The van der Waals surface area contributed by atoms with Crippen molar-refractivity contribution in [2.24, 2.45) is 0 Å². The summed E-state index contributed by atoms with van der Waals surface area (Å²) in [7, 11) is 0. The molecule has 108 valence electrons. The van der Waals surface area contributed by atoms with Crippen LogP contribution in [0.3, 0.4) is 0 Å². The van der Waals surface area contributed by atoms with Crippen molar-refractivity contribution in [3.63, 3.8) is 0 Å². The molecule has 2 aromatic rings. The number of nitrogens with one attached hydrogen (secondary N) is 1. The second kappa shape index (κ2) is 4.97. The first-order valence-corrected chi connectivity index (χ1v) is 6.73. The zero-order chi connectivity index (χ0) is 15.0. The van der Waals surface area contributed by atoms with Crippen LogP contribution in [0.4, 0.5) is 24.5 Å². The van der Waals surface area contributed by atoms with Crippen LogP contribution in [0, 0.1) is 0 Å². The van der Waals surface area contributed by atoms with Gasteiger partial charge in [0, 0.05) is 23.0 Å². The van der Waals surface area contributed by atoms with Crippen LogP contribution in [0.5, 0.6) is 0 Å². The minimum absolute atomic E-state index is 0.282. The molecule has 1 heterocycles. The Morgan fingerprint density at radius 3 is 2.50 bits per heavy atom. The van der Waals surface area contributed by atoms with Crippen LogP contribution in [0.2, 0.25) is 0 Å². The van der Waals surface area contributed by atoms with Crippen LogP contribution in [0.25, 0.3) is 0 Å². The number of nitrogens with two attached hydrogens (primary N) is 1. The number of alkyl halides is 3. The number of hydrogen-bond acceptors (Lipinski definition) is 4. The number of nitrogen functional groups attached to an aromatic ring is 1. The Balaban J connectivity index is 2.31. The van der Waals surface area contributed by atoms with E-state index in [9.17, 15) is 13.2 Å². The van der Waals surface area contributed by atoms with Crippen molar-refractivity contribution in [2.45, 2.75) is 25.6 Å². The van der Waals surface area contributed by atoms with Crippen molar-refractivity contribution in [1.82, 2.24) is 4.98 Å². The molecule has 3 N–H and O–H groups in total. The first-order chi connectivity index (χ1) is 9.20. The van der Waals surface area contributed by atoms with Gasteiger partial charge in [-0.25, -0.2) is 4.98 Å². The smallest absolute Gasteiger partial charge is 0.398 e. The number of anilines is 2. The number of nitrogens with zero attached hydrogens (tertiary/aromatic N) is 1. The van der Waals surface area contributed by atoms with E-state index in [1.165, 1.54) is 23.5 Å². The molecule has 0 saturated heterocycles. The number of benzene rings is 1. The lowest BCUT2D eigenvalue weighted by Crippen LogP contribution is -2.28. The van der Waals surface area contributed by atoms with Crippen molar-refractivity contribution >= 4 is 22.7 Å². The summed E-state index contributed by atoms with van der Waals surface area (Å²) in [5.41, 5.74) is 4.05. The highest BCUT2D eigenvalue weighted by Crippen LogP contribution is 2.36. The fourth-order valence-corrected chi connectivity index (χ4v) is 2.54. The highest BCUT2D eigenvalue weighted by molar-refractivity contribution is 7.09. The van der Waals surface area contributed by atoms with Gasteiger partial charge in [0.25, 0.3) is 0 Å². The SMILES string of the molecule is CC(C)(Nc1ccc(N)c(C(F)(F)F)c1)c1nccs1. The molecular formula is C13H14F3N3S. The van der Waals surface area contributed by atoms with Gasteiger partial charge < -0.3 is 11.1 Å². The minimum Gasteiger partial charge on any atom is -0.398 e. The van der Waals surface area contributed by atoms with Crippen molar-refractivity contribution in [3.8, 4) is 0 Å². The molecule has 0 fully saturated rings. The zero-order valence-corrected chi connectivity index (χ0v) is 11.8. The van der Waals surface area contributed by atoms with Gasteiger partial charge in [-0.2, -0.15) is 13.2 Å². The van der Waals surface area contributed by atoms with E-state index >= 15 is 0 Å². The first-order valence-electron chi connectivity index (χ1n) is 5.85. The van der Waals surface area contributed by atoms with Crippen LogP contribution in [0.1, 0.15) is 24.4 Å². The topological polar surface area (TPSA) is 50.9 Å². The monoisotopic (exact) mass is 301 g/mol. The minimum atomic E-state index is -4.47. The van der Waals surface area contributed by atoms with Crippen LogP contribution >= 0.6 is 11.3 Å². The molecule has 0 atom stereocenters. The van der Waals surface area contributed by atoms with Crippen LogP contribution in [-0.2, 0) is 11.7 Å². The number of hydrogen-bond donors (Lipinski definition) is 2. The Kier molecular flexibility index (Phi) is 3.64. The molecular weight excluding hydrogens is 287 g/mol. The molecule has 1 aromatic carbocycles. The Bertz CT molecular complexity index is 591. The van der Waals surface area contributed by atoms with E-state index in [2.05, 4.69) is 10.3 Å². The normalized spacial score (nSPS) is 12.4. The zero-order valence-electron chi connectivity index (χ0n) is 11.0. The summed E-state index contributed by atoms with van der Waals surface area (Å²) in [4.78, 5) is 4.18. The summed E-state index contributed by atoms with van der Waals surface area (Å²) in [6.45, 7) is 3.71. The highest BCUT2D eigenvalue weighted by Gasteiger charge is 2.33. The lowest BCUT2D eigenvalue weighted by molar-refractivity contribution is -0.136. The number of halogens is 3. The van der Waals surface area contributed by atoms with Gasteiger partial charge in [-0.05, 0) is 32.0 Å². The van der Waals surface area contributed by atoms with E-state index in [1.807, 2.05) is 19.2 Å². The maximum atomic E-state index is 12.8. The lowest BCUT2D eigenvalue weighted by atomic mass is 10.0. The average molecular weight is 301 g/mol. The third kappa shape index (κ3) is 3.04. The van der Waals surface area contributed by atoms with E-state index in [4.69, 9.17) is 5.73 Å². The molecule has 0 aliphatic carbocycles. The van der Waals surface area contributed by atoms with E-state index in [1.54, 1.807) is 6.20 Å². The van der Waals surface area contributed by atoms with Gasteiger partial charge in [0.2, 0.25) is 0 Å². The molecule has 0 aliphatic rings. The molecule has 20 heavy (non-hydrogen) atoms. The highest BCUT2D eigenvalue weighted by atomic mass is 32.1.